The maximum atomic E-state index is 10.6. The van der Waals surface area contributed by atoms with Crippen LogP contribution in [0.1, 0.15) is 17.0 Å². The van der Waals surface area contributed by atoms with Crippen molar-refractivity contribution in [2.24, 2.45) is 0 Å². The fourth-order valence-corrected chi connectivity index (χ4v) is 4.50. The van der Waals surface area contributed by atoms with E-state index in [9.17, 15) is 5.11 Å². The lowest BCUT2D eigenvalue weighted by molar-refractivity contribution is 0.0149. The fourth-order valence-electron chi connectivity index (χ4n) is 4.50. The van der Waals surface area contributed by atoms with Gasteiger partial charge in [0.15, 0.2) is 11.5 Å². The quantitative estimate of drug-likeness (QED) is 0.451. The summed E-state index contributed by atoms with van der Waals surface area (Å²) in [5.74, 6) is 1.47. The lowest BCUT2D eigenvalue weighted by atomic mass is 9.89. The number of morpholine rings is 1. The maximum Gasteiger partial charge on any atom is 0.164 e. The van der Waals surface area contributed by atoms with Crippen molar-refractivity contribution in [1.29, 1.82) is 0 Å². The SMILES string of the molecule is COc1cccc([C@H](CNC[C@@H](O)CN2CCOCC2)c2c[nH]c3ccccc23)c1OC. The zero-order chi connectivity index (χ0) is 22.3. The van der Waals surface area contributed by atoms with Crippen LogP contribution in [0.2, 0.25) is 0 Å². The number of H-pyrrole nitrogens is 1. The average molecular weight is 440 g/mol. The molecular weight excluding hydrogens is 406 g/mol. The van der Waals surface area contributed by atoms with Crippen LogP contribution in [0.25, 0.3) is 10.9 Å². The molecule has 3 aromatic rings. The van der Waals surface area contributed by atoms with E-state index in [0.29, 0.717) is 25.4 Å². The van der Waals surface area contributed by atoms with Gasteiger partial charge in [-0.2, -0.15) is 0 Å². The van der Waals surface area contributed by atoms with Gasteiger partial charge in [0.25, 0.3) is 0 Å². The third-order valence-electron chi connectivity index (χ3n) is 6.11. The van der Waals surface area contributed by atoms with Crippen LogP contribution >= 0.6 is 0 Å². The van der Waals surface area contributed by atoms with Gasteiger partial charge in [-0.25, -0.2) is 0 Å². The number of methoxy groups -OCH3 is 2. The van der Waals surface area contributed by atoms with Crippen LogP contribution in [0.15, 0.2) is 48.7 Å². The van der Waals surface area contributed by atoms with E-state index in [-0.39, 0.29) is 5.92 Å². The van der Waals surface area contributed by atoms with E-state index in [1.807, 2.05) is 18.2 Å². The van der Waals surface area contributed by atoms with Gasteiger partial charge < -0.3 is 29.6 Å². The number of para-hydroxylation sites is 2. The van der Waals surface area contributed by atoms with Gasteiger partial charge in [0, 0.05) is 61.3 Å². The monoisotopic (exact) mass is 439 g/mol. The zero-order valence-corrected chi connectivity index (χ0v) is 18.8. The Morgan fingerprint density at radius 1 is 1.03 bits per heavy atom. The topological polar surface area (TPSA) is 79.0 Å². The van der Waals surface area contributed by atoms with E-state index < -0.39 is 6.10 Å². The highest BCUT2D eigenvalue weighted by atomic mass is 16.5. The second-order valence-corrected chi connectivity index (χ2v) is 8.15. The average Bonchev–Trinajstić information content (AvgIpc) is 3.26. The van der Waals surface area contributed by atoms with Crippen molar-refractivity contribution in [3.63, 3.8) is 0 Å². The van der Waals surface area contributed by atoms with Gasteiger partial charge in [0.2, 0.25) is 0 Å². The normalized spacial score (nSPS) is 16.7. The van der Waals surface area contributed by atoms with Crippen LogP contribution in [-0.2, 0) is 4.74 Å². The molecule has 3 N–H and O–H groups in total. The van der Waals surface area contributed by atoms with Gasteiger partial charge in [-0.05, 0) is 17.7 Å². The third-order valence-corrected chi connectivity index (χ3v) is 6.11. The first-order valence-corrected chi connectivity index (χ1v) is 11.2. The second kappa shape index (κ2) is 10.8. The minimum atomic E-state index is -0.441. The Morgan fingerprint density at radius 3 is 2.62 bits per heavy atom. The molecule has 1 aliphatic rings. The predicted molar refractivity (Wildman–Crippen MR) is 126 cm³/mol. The highest BCUT2D eigenvalue weighted by Gasteiger charge is 2.24. The van der Waals surface area contributed by atoms with E-state index in [1.54, 1.807) is 14.2 Å². The standard InChI is InChI=1S/C25H33N3O4/c1-30-24-9-5-7-20(25(24)31-2)21(22-16-27-23-8-4-3-6-19(22)23)15-26-14-18(29)17-28-10-12-32-13-11-28/h3-9,16,18,21,26-27,29H,10-15,17H2,1-2H3/t18-,21+/m1/s1. The van der Waals surface area contributed by atoms with Crippen molar-refractivity contribution < 1.29 is 19.3 Å². The number of nitrogens with zero attached hydrogens (tertiary/aromatic N) is 1. The number of hydrogen-bond donors (Lipinski definition) is 3. The Hall–Kier alpha value is -2.58. The van der Waals surface area contributed by atoms with Crippen LogP contribution < -0.4 is 14.8 Å². The van der Waals surface area contributed by atoms with Gasteiger partial charge in [-0.15, -0.1) is 0 Å². The highest BCUT2D eigenvalue weighted by Crippen LogP contribution is 2.40. The molecule has 2 atom stereocenters. The van der Waals surface area contributed by atoms with Crippen molar-refractivity contribution in [3.05, 3.63) is 59.8 Å². The van der Waals surface area contributed by atoms with E-state index in [0.717, 1.165) is 43.1 Å². The summed E-state index contributed by atoms with van der Waals surface area (Å²) in [6.45, 7) is 5.04. The van der Waals surface area contributed by atoms with Crippen molar-refractivity contribution in [1.82, 2.24) is 15.2 Å². The molecule has 1 fully saturated rings. The number of benzene rings is 2. The highest BCUT2D eigenvalue weighted by molar-refractivity contribution is 5.84. The van der Waals surface area contributed by atoms with E-state index >= 15 is 0 Å². The first-order chi connectivity index (χ1) is 15.7. The Labute approximate surface area is 189 Å². The molecule has 0 aliphatic carbocycles. The molecule has 7 nitrogen and oxygen atoms in total. The van der Waals surface area contributed by atoms with E-state index in [4.69, 9.17) is 14.2 Å². The molecule has 1 aromatic heterocycles. The molecular formula is C25H33N3O4. The molecule has 7 heteroatoms. The van der Waals surface area contributed by atoms with Crippen molar-refractivity contribution in [2.45, 2.75) is 12.0 Å². The summed E-state index contributed by atoms with van der Waals surface area (Å²) in [5.41, 5.74) is 3.33. The van der Waals surface area contributed by atoms with Gasteiger partial charge in [-0.1, -0.05) is 30.3 Å². The maximum absolute atomic E-state index is 10.6. The minimum Gasteiger partial charge on any atom is -0.493 e. The van der Waals surface area contributed by atoms with Crippen molar-refractivity contribution in [2.75, 3.05) is 60.2 Å². The Bertz CT molecular complexity index is 1000. The number of ether oxygens (including phenoxy) is 3. The van der Waals surface area contributed by atoms with Crippen LogP contribution in [-0.4, -0.2) is 81.3 Å². The molecule has 0 bridgehead atoms. The number of β-amino-alcohol motifs (C(OH)–C–C–N with tert-alkyl or cyclic N) is 1. The number of aliphatic hydroxyl groups excluding tert-OH is 1. The number of aromatic amines is 1. The van der Waals surface area contributed by atoms with Gasteiger partial charge >= 0.3 is 0 Å². The predicted octanol–water partition coefficient (Wildman–Crippen LogP) is 2.60. The van der Waals surface area contributed by atoms with Crippen LogP contribution in [0.4, 0.5) is 0 Å². The first kappa shape index (κ1) is 22.6. The Kier molecular flexibility index (Phi) is 7.65. The second-order valence-electron chi connectivity index (χ2n) is 8.15. The summed E-state index contributed by atoms with van der Waals surface area (Å²) in [4.78, 5) is 5.64. The molecule has 1 saturated heterocycles. The molecule has 2 aromatic carbocycles. The number of nitrogens with one attached hydrogen (secondary N) is 2. The first-order valence-electron chi connectivity index (χ1n) is 11.2. The van der Waals surface area contributed by atoms with E-state index in [1.165, 1.54) is 10.9 Å². The summed E-state index contributed by atoms with van der Waals surface area (Å²) in [6, 6.07) is 14.3. The number of aromatic nitrogens is 1. The molecule has 0 saturated carbocycles. The molecule has 0 amide bonds. The van der Waals surface area contributed by atoms with Crippen molar-refractivity contribution in [3.8, 4) is 11.5 Å². The summed E-state index contributed by atoms with van der Waals surface area (Å²) < 4.78 is 16.7. The lowest BCUT2D eigenvalue weighted by Gasteiger charge is -2.29. The lowest BCUT2D eigenvalue weighted by Crippen LogP contribution is -2.44. The van der Waals surface area contributed by atoms with Gasteiger partial charge in [0.1, 0.15) is 0 Å². The third kappa shape index (κ3) is 5.07. The Morgan fingerprint density at radius 2 is 1.84 bits per heavy atom. The summed E-state index contributed by atoms with van der Waals surface area (Å²) in [5, 5.41) is 15.2. The number of hydrogen-bond acceptors (Lipinski definition) is 6. The summed E-state index contributed by atoms with van der Waals surface area (Å²) >= 11 is 0. The van der Waals surface area contributed by atoms with Gasteiger partial charge in [0.05, 0.1) is 33.5 Å². The minimum absolute atomic E-state index is 0.0202. The van der Waals surface area contributed by atoms with Gasteiger partial charge in [-0.3, -0.25) is 4.90 Å². The fraction of sp³-hybridized carbons (Fsp3) is 0.440. The van der Waals surface area contributed by atoms with Crippen LogP contribution in [0, 0.1) is 0 Å². The summed E-state index contributed by atoms with van der Waals surface area (Å²) in [6.07, 6.45) is 1.63. The number of aliphatic hydroxyl groups is 1. The molecule has 172 valence electrons. The molecule has 0 spiro atoms. The number of rotatable bonds is 10. The number of fused-ring (bicyclic) bond motifs is 1. The zero-order valence-electron chi connectivity index (χ0n) is 18.8. The molecule has 1 aliphatic heterocycles. The largest absolute Gasteiger partial charge is 0.493 e. The molecule has 4 rings (SSSR count). The van der Waals surface area contributed by atoms with Crippen molar-refractivity contribution >= 4 is 10.9 Å². The molecule has 2 heterocycles. The van der Waals surface area contributed by atoms with E-state index in [2.05, 4.69) is 45.7 Å². The van der Waals surface area contributed by atoms with Crippen LogP contribution in [0.5, 0.6) is 11.5 Å². The smallest absolute Gasteiger partial charge is 0.164 e. The Balaban J connectivity index is 1.55. The molecule has 32 heavy (non-hydrogen) atoms. The van der Waals surface area contributed by atoms with Crippen LogP contribution in [0.3, 0.4) is 0 Å². The summed E-state index contributed by atoms with van der Waals surface area (Å²) in [7, 11) is 3.33. The molecule has 0 unspecified atom stereocenters. The molecule has 0 radical (unpaired) electrons.